The lowest BCUT2D eigenvalue weighted by Crippen LogP contribution is -2.21. The average Bonchev–Trinajstić information content (AvgIpc) is 2.03. The van der Waals surface area contributed by atoms with Crippen LogP contribution in [0.15, 0.2) is 0 Å². The standard InChI is InChI=1S/C7H13BrO3/c1-2-3-4-11-7(10)6(8)5-9/h6,9H,2-5H2,1H3. The Hall–Kier alpha value is -0.0900. The summed E-state index contributed by atoms with van der Waals surface area (Å²) >= 11 is 2.97. The van der Waals surface area contributed by atoms with Crippen LogP contribution in [0.2, 0.25) is 0 Å². The van der Waals surface area contributed by atoms with Crippen LogP contribution < -0.4 is 0 Å². The molecule has 1 unspecified atom stereocenters. The van der Waals surface area contributed by atoms with Gasteiger partial charge in [0, 0.05) is 0 Å². The number of hydrogen-bond donors (Lipinski definition) is 1. The van der Waals surface area contributed by atoms with Gasteiger partial charge in [-0.15, -0.1) is 0 Å². The first-order valence-electron chi connectivity index (χ1n) is 3.64. The molecule has 0 aliphatic carbocycles. The third-order valence-corrected chi connectivity index (χ3v) is 1.82. The van der Waals surface area contributed by atoms with E-state index in [-0.39, 0.29) is 12.6 Å². The van der Waals surface area contributed by atoms with Gasteiger partial charge >= 0.3 is 5.97 Å². The van der Waals surface area contributed by atoms with Gasteiger partial charge in [-0.25, -0.2) is 0 Å². The zero-order chi connectivity index (χ0) is 8.69. The Kier molecular flexibility index (Phi) is 6.56. The van der Waals surface area contributed by atoms with E-state index < -0.39 is 4.83 Å². The van der Waals surface area contributed by atoms with Crippen LogP contribution >= 0.6 is 15.9 Å². The molecular weight excluding hydrogens is 212 g/mol. The molecule has 0 aromatic rings. The lowest BCUT2D eigenvalue weighted by molar-refractivity contribution is -0.143. The Morgan fingerprint density at radius 1 is 1.73 bits per heavy atom. The summed E-state index contributed by atoms with van der Waals surface area (Å²) in [5.74, 6) is -0.388. The summed E-state index contributed by atoms with van der Waals surface area (Å²) in [5, 5.41) is 8.51. The van der Waals surface area contributed by atoms with Crippen molar-refractivity contribution in [1.82, 2.24) is 0 Å². The van der Waals surface area contributed by atoms with Crippen molar-refractivity contribution in [2.24, 2.45) is 0 Å². The maximum Gasteiger partial charge on any atom is 0.322 e. The first-order valence-corrected chi connectivity index (χ1v) is 4.55. The fourth-order valence-corrected chi connectivity index (χ4v) is 0.614. The number of carbonyl (C=O) groups is 1. The number of unbranched alkanes of at least 4 members (excludes halogenated alkanes) is 1. The average molecular weight is 225 g/mol. The summed E-state index contributed by atoms with van der Waals surface area (Å²) in [6.45, 7) is 2.24. The molecule has 0 amide bonds. The summed E-state index contributed by atoms with van der Waals surface area (Å²) in [6.07, 6.45) is 1.87. The van der Waals surface area contributed by atoms with E-state index in [1.165, 1.54) is 0 Å². The molecule has 0 fully saturated rings. The van der Waals surface area contributed by atoms with Crippen molar-refractivity contribution in [2.75, 3.05) is 13.2 Å². The maximum absolute atomic E-state index is 10.8. The van der Waals surface area contributed by atoms with Crippen molar-refractivity contribution in [3.8, 4) is 0 Å². The van der Waals surface area contributed by atoms with E-state index in [1.807, 2.05) is 6.92 Å². The molecule has 1 atom stereocenters. The summed E-state index contributed by atoms with van der Waals surface area (Å²) in [5.41, 5.74) is 0. The van der Waals surface area contributed by atoms with Crippen molar-refractivity contribution in [2.45, 2.75) is 24.6 Å². The van der Waals surface area contributed by atoms with Crippen LogP contribution in [0.25, 0.3) is 0 Å². The molecule has 0 saturated heterocycles. The van der Waals surface area contributed by atoms with Gasteiger partial charge in [-0.05, 0) is 6.42 Å². The molecule has 0 aliphatic rings. The molecule has 11 heavy (non-hydrogen) atoms. The van der Waals surface area contributed by atoms with Crippen LogP contribution in [-0.4, -0.2) is 29.1 Å². The predicted octanol–water partition coefficient (Wildman–Crippen LogP) is 1.09. The highest BCUT2D eigenvalue weighted by Crippen LogP contribution is 2.01. The molecular formula is C7H13BrO3. The fraction of sp³-hybridized carbons (Fsp3) is 0.857. The van der Waals surface area contributed by atoms with E-state index in [2.05, 4.69) is 15.9 Å². The number of aliphatic hydroxyl groups is 1. The minimum atomic E-state index is -0.570. The Morgan fingerprint density at radius 3 is 2.82 bits per heavy atom. The smallest absolute Gasteiger partial charge is 0.322 e. The molecule has 0 aliphatic heterocycles. The lowest BCUT2D eigenvalue weighted by atomic mass is 10.4. The highest BCUT2D eigenvalue weighted by molar-refractivity contribution is 9.10. The lowest BCUT2D eigenvalue weighted by Gasteiger charge is -2.05. The van der Waals surface area contributed by atoms with Gasteiger partial charge in [-0.1, -0.05) is 29.3 Å². The minimum Gasteiger partial charge on any atom is -0.465 e. The fourth-order valence-electron chi connectivity index (χ4n) is 0.482. The van der Waals surface area contributed by atoms with Gasteiger partial charge < -0.3 is 9.84 Å². The second-order valence-electron chi connectivity index (χ2n) is 2.17. The molecule has 0 bridgehead atoms. The minimum absolute atomic E-state index is 0.217. The first kappa shape index (κ1) is 10.9. The number of carbonyl (C=O) groups excluding carboxylic acids is 1. The third kappa shape index (κ3) is 5.21. The largest absolute Gasteiger partial charge is 0.465 e. The molecule has 0 spiro atoms. The van der Waals surface area contributed by atoms with Crippen molar-refractivity contribution in [1.29, 1.82) is 0 Å². The van der Waals surface area contributed by atoms with Gasteiger partial charge in [-0.2, -0.15) is 0 Å². The number of ether oxygens (including phenoxy) is 1. The quantitative estimate of drug-likeness (QED) is 0.432. The number of esters is 1. The van der Waals surface area contributed by atoms with Gasteiger partial charge in [0.1, 0.15) is 4.83 Å². The molecule has 66 valence electrons. The SMILES string of the molecule is CCCCOC(=O)C(Br)CO. The molecule has 0 aromatic heterocycles. The molecule has 4 heteroatoms. The molecule has 0 rings (SSSR count). The van der Waals surface area contributed by atoms with Crippen LogP contribution in [0.3, 0.4) is 0 Å². The zero-order valence-electron chi connectivity index (χ0n) is 6.55. The number of alkyl halides is 1. The molecule has 0 saturated carbocycles. The van der Waals surface area contributed by atoms with E-state index in [0.717, 1.165) is 12.8 Å². The zero-order valence-corrected chi connectivity index (χ0v) is 8.13. The predicted molar refractivity (Wildman–Crippen MR) is 45.7 cm³/mol. The number of hydrogen-bond acceptors (Lipinski definition) is 3. The highest BCUT2D eigenvalue weighted by Gasteiger charge is 2.13. The van der Waals surface area contributed by atoms with Crippen molar-refractivity contribution in [3.63, 3.8) is 0 Å². The van der Waals surface area contributed by atoms with Gasteiger partial charge in [0.15, 0.2) is 0 Å². The van der Waals surface area contributed by atoms with Crippen LogP contribution in [0.1, 0.15) is 19.8 Å². The summed E-state index contributed by atoms with van der Waals surface area (Å²) < 4.78 is 4.79. The molecule has 0 radical (unpaired) electrons. The van der Waals surface area contributed by atoms with E-state index in [4.69, 9.17) is 9.84 Å². The van der Waals surface area contributed by atoms with Crippen molar-refractivity contribution < 1.29 is 14.6 Å². The van der Waals surface area contributed by atoms with Crippen molar-refractivity contribution >= 4 is 21.9 Å². The maximum atomic E-state index is 10.8. The van der Waals surface area contributed by atoms with Crippen LogP contribution in [0.5, 0.6) is 0 Å². The molecule has 1 N–H and O–H groups in total. The Bertz CT molecular complexity index is 116. The van der Waals surface area contributed by atoms with Gasteiger partial charge in [0.05, 0.1) is 13.2 Å². The molecule has 3 nitrogen and oxygen atoms in total. The summed E-state index contributed by atoms with van der Waals surface area (Å²) in [4.78, 5) is 10.2. The topological polar surface area (TPSA) is 46.5 Å². The van der Waals surface area contributed by atoms with Gasteiger partial charge in [0.2, 0.25) is 0 Å². The Morgan fingerprint density at radius 2 is 2.36 bits per heavy atom. The summed E-state index contributed by atoms with van der Waals surface area (Å²) in [7, 11) is 0. The molecule has 0 heterocycles. The van der Waals surface area contributed by atoms with Gasteiger partial charge in [-0.3, -0.25) is 4.79 Å². The normalized spacial score (nSPS) is 12.6. The van der Waals surface area contributed by atoms with E-state index >= 15 is 0 Å². The number of rotatable bonds is 5. The Labute approximate surface area is 74.9 Å². The second kappa shape index (κ2) is 6.61. The van der Waals surface area contributed by atoms with Crippen LogP contribution in [-0.2, 0) is 9.53 Å². The van der Waals surface area contributed by atoms with Gasteiger partial charge in [0.25, 0.3) is 0 Å². The summed E-state index contributed by atoms with van der Waals surface area (Å²) in [6, 6.07) is 0. The highest BCUT2D eigenvalue weighted by atomic mass is 79.9. The van der Waals surface area contributed by atoms with Crippen LogP contribution in [0, 0.1) is 0 Å². The monoisotopic (exact) mass is 224 g/mol. The first-order chi connectivity index (χ1) is 5.22. The molecule has 0 aromatic carbocycles. The second-order valence-corrected chi connectivity index (χ2v) is 3.28. The van der Waals surface area contributed by atoms with E-state index in [1.54, 1.807) is 0 Å². The third-order valence-electron chi connectivity index (χ3n) is 1.16. The van der Waals surface area contributed by atoms with Crippen molar-refractivity contribution in [3.05, 3.63) is 0 Å². The van der Waals surface area contributed by atoms with E-state index in [0.29, 0.717) is 6.61 Å². The number of halogens is 1. The Balaban J connectivity index is 3.36. The van der Waals surface area contributed by atoms with Crippen LogP contribution in [0.4, 0.5) is 0 Å². The number of aliphatic hydroxyl groups excluding tert-OH is 1. The van der Waals surface area contributed by atoms with E-state index in [9.17, 15) is 4.79 Å².